The Hall–Kier alpha value is -2.45. The van der Waals surface area contributed by atoms with E-state index >= 15 is 0 Å². The average molecular weight is 324 g/mol. The van der Waals surface area contributed by atoms with Crippen LogP contribution in [-0.4, -0.2) is 0 Å². The van der Waals surface area contributed by atoms with Crippen LogP contribution in [-0.2, 0) is 13.2 Å². The van der Waals surface area contributed by atoms with Crippen molar-refractivity contribution in [3.63, 3.8) is 0 Å². The highest BCUT2D eigenvalue weighted by atomic mass is 35.5. The first kappa shape index (κ1) is 15.4. The number of hydrogen-bond donors (Lipinski definition) is 1. The first-order valence-electron chi connectivity index (χ1n) is 7.55. The molecule has 0 heterocycles. The summed E-state index contributed by atoms with van der Waals surface area (Å²) in [5.74, 6) is 0.879. The minimum Gasteiger partial charge on any atom is -0.489 e. The minimum absolute atomic E-state index is 0.578. The maximum absolute atomic E-state index is 5.89. The van der Waals surface area contributed by atoms with Gasteiger partial charge in [0.25, 0.3) is 0 Å². The fraction of sp³-hybridized carbons (Fsp3) is 0.100. The van der Waals surface area contributed by atoms with Gasteiger partial charge in [0.05, 0.1) is 0 Å². The van der Waals surface area contributed by atoms with E-state index in [1.165, 1.54) is 5.56 Å². The Bertz CT molecular complexity index is 741. The fourth-order valence-corrected chi connectivity index (χ4v) is 2.38. The molecular weight excluding hydrogens is 306 g/mol. The Morgan fingerprint density at radius 1 is 0.783 bits per heavy atom. The highest BCUT2D eigenvalue weighted by Gasteiger charge is 1.99. The van der Waals surface area contributed by atoms with E-state index in [1.54, 1.807) is 0 Å². The number of benzene rings is 3. The van der Waals surface area contributed by atoms with Crippen LogP contribution in [0.2, 0.25) is 5.02 Å². The lowest BCUT2D eigenvalue weighted by atomic mass is 10.2. The highest BCUT2D eigenvalue weighted by molar-refractivity contribution is 6.30. The van der Waals surface area contributed by atoms with Crippen molar-refractivity contribution in [2.45, 2.75) is 13.2 Å². The summed E-state index contributed by atoms with van der Waals surface area (Å²) in [4.78, 5) is 0. The minimum atomic E-state index is 0.578. The van der Waals surface area contributed by atoms with Crippen molar-refractivity contribution in [2.75, 3.05) is 5.32 Å². The average Bonchev–Trinajstić information content (AvgIpc) is 2.61. The van der Waals surface area contributed by atoms with Crippen LogP contribution in [0.1, 0.15) is 11.1 Å². The Kier molecular flexibility index (Phi) is 5.17. The molecule has 3 heteroatoms. The smallest absolute Gasteiger partial charge is 0.120 e. The Balaban J connectivity index is 1.57. The van der Waals surface area contributed by atoms with E-state index in [0.29, 0.717) is 6.61 Å². The van der Waals surface area contributed by atoms with Gasteiger partial charge in [0.1, 0.15) is 12.4 Å². The number of hydrogen-bond acceptors (Lipinski definition) is 2. The van der Waals surface area contributed by atoms with Gasteiger partial charge in [-0.3, -0.25) is 0 Å². The van der Waals surface area contributed by atoms with Gasteiger partial charge in [-0.05, 0) is 47.5 Å². The largest absolute Gasteiger partial charge is 0.489 e. The molecule has 2 nitrogen and oxygen atoms in total. The summed E-state index contributed by atoms with van der Waals surface area (Å²) in [6.07, 6.45) is 0. The summed E-state index contributed by atoms with van der Waals surface area (Å²) >= 11 is 5.89. The zero-order chi connectivity index (χ0) is 15.9. The summed E-state index contributed by atoms with van der Waals surface area (Å²) in [5, 5.41) is 4.12. The second kappa shape index (κ2) is 7.70. The van der Waals surface area contributed by atoms with Crippen molar-refractivity contribution in [1.82, 2.24) is 0 Å². The molecule has 0 aliphatic rings. The number of halogens is 1. The number of anilines is 1. The molecular formula is C20H18ClNO. The molecule has 3 aromatic rings. The van der Waals surface area contributed by atoms with Crippen molar-refractivity contribution < 1.29 is 4.74 Å². The van der Waals surface area contributed by atoms with E-state index in [0.717, 1.165) is 28.6 Å². The van der Waals surface area contributed by atoms with Crippen LogP contribution in [0.5, 0.6) is 5.75 Å². The number of rotatable bonds is 6. The maximum atomic E-state index is 5.89. The normalized spacial score (nSPS) is 10.3. The van der Waals surface area contributed by atoms with Gasteiger partial charge in [0.2, 0.25) is 0 Å². The summed E-state index contributed by atoms with van der Waals surface area (Å²) in [6.45, 7) is 1.32. The summed E-state index contributed by atoms with van der Waals surface area (Å²) in [5.41, 5.74) is 3.38. The van der Waals surface area contributed by atoms with Crippen LogP contribution in [0.25, 0.3) is 0 Å². The predicted molar refractivity (Wildman–Crippen MR) is 96.0 cm³/mol. The van der Waals surface area contributed by atoms with Gasteiger partial charge in [-0.25, -0.2) is 0 Å². The van der Waals surface area contributed by atoms with E-state index in [1.807, 2.05) is 54.6 Å². The van der Waals surface area contributed by atoms with Crippen LogP contribution >= 0.6 is 11.6 Å². The number of ether oxygens (including phenoxy) is 1. The van der Waals surface area contributed by atoms with E-state index in [9.17, 15) is 0 Å². The molecule has 116 valence electrons. The van der Waals surface area contributed by atoms with Gasteiger partial charge in [0, 0.05) is 17.3 Å². The zero-order valence-electron chi connectivity index (χ0n) is 12.7. The molecule has 0 radical (unpaired) electrons. The molecule has 0 amide bonds. The van der Waals surface area contributed by atoms with E-state index < -0.39 is 0 Å². The second-order valence-electron chi connectivity index (χ2n) is 5.28. The highest BCUT2D eigenvalue weighted by Crippen LogP contribution is 2.18. The molecule has 0 aromatic heterocycles. The molecule has 0 spiro atoms. The molecule has 23 heavy (non-hydrogen) atoms. The first-order valence-corrected chi connectivity index (χ1v) is 7.92. The molecule has 0 bridgehead atoms. The molecule has 0 saturated heterocycles. The van der Waals surface area contributed by atoms with Gasteiger partial charge in [-0.2, -0.15) is 0 Å². The molecule has 0 unspecified atom stereocenters. The zero-order valence-corrected chi connectivity index (χ0v) is 13.5. The van der Waals surface area contributed by atoms with E-state index in [-0.39, 0.29) is 0 Å². The fourth-order valence-electron chi connectivity index (χ4n) is 2.26. The third-order valence-corrected chi connectivity index (χ3v) is 3.74. The van der Waals surface area contributed by atoms with Crippen molar-refractivity contribution in [2.24, 2.45) is 0 Å². The van der Waals surface area contributed by atoms with Crippen LogP contribution in [0.15, 0.2) is 78.9 Å². The molecule has 3 rings (SSSR count). The Labute approximate surface area is 141 Å². The molecule has 0 aliphatic heterocycles. The Morgan fingerprint density at radius 2 is 1.52 bits per heavy atom. The summed E-state index contributed by atoms with van der Waals surface area (Å²) < 4.78 is 5.86. The molecule has 0 aliphatic carbocycles. The van der Waals surface area contributed by atoms with E-state index in [2.05, 4.69) is 29.6 Å². The number of nitrogens with one attached hydrogen (secondary N) is 1. The van der Waals surface area contributed by atoms with Gasteiger partial charge >= 0.3 is 0 Å². The van der Waals surface area contributed by atoms with Gasteiger partial charge in [0.15, 0.2) is 0 Å². The summed E-state index contributed by atoms with van der Waals surface area (Å²) in [6, 6.07) is 26.0. The SMILES string of the molecule is Clc1ccc(NCc2cccc(OCc3ccccc3)c2)cc1. The Morgan fingerprint density at radius 3 is 2.30 bits per heavy atom. The quantitative estimate of drug-likeness (QED) is 0.644. The van der Waals surface area contributed by atoms with Crippen molar-refractivity contribution in [3.8, 4) is 5.75 Å². The standard InChI is InChI=1S/C20H18ClNO/c21-18-9-11-19(12-10-18)22-14-17-7-4-8-20(13-17)23-15-16-5-2-1-3-6-16/h1-13,22H,14-15H2. The first-order chi connectivity index (χ1) is 11.3. The molecule has 0 fully saturated rings. The maximum Gasteiger partial charge on any atom is 0.120 e. The monoisotopic (exact) mass is 323 g/mol. The lowest BCUT2D eigenvalue weighted by Gasteiger charge is -2.10. The van der Waals surface area contributed by atoms with E-state index in [4.69, 9.17) is 16.3 Å². The third kappa shape index (κ3) is 4.76. The van der Waals surface area contributed by atoms with Crippen molar-refractivity contribution in [3.05, 3.63) is 95.0 Å². The van der Waals surface area contributed by atoms with Gasteiger partial charge in [-0.15, -0.1) is 0 Å². The molecule has 0 atom stereocenters. The topological polar surface area (TPSA) is 21.3 Å². The molecule has 3 aromatic carbocycles. The predicted octanol–water partition coefficient (Wildman–Crippen LogP) is 5.53. The molecule has 0 saturated carbocycles. The van der Waals surface area contributed by atoms with Gasteiger partial charge < -0.3 is 10.1 Å². The van der Waals surface area contributed by atoms with Crippen LogP contribution in [0, 0.1) is 0 Å². The molecule has 1 N–H and O–H groups in total. The second-order valence-corrected chi connectivity index (χ2v) is 5.72. The van der Waals surface area contributed by atoms with Crippen LogP contribution in [0.3, 0.4) is 0 Å². The van der Waals surface area contributed by atoms with Crippen LogP contribution < -0.4 is 10.1 Å². The van der Waals surface area contributed by atoms with Crippen molar-refractivity contribution in [1.29, 1.82) is 0 Å². The lowest BCUT2D eigenvalue weighted by Crippen LogP contribution is -2.00. The lowest BCUT2D eigenvalue weighted by molar-refractivity contribution is 0.306. The van der Waals surface area contributed by atoms with Crippen molar-refractivity contribution >= 4 is 17.3 Å². The van der Waals surface area contributed by atoms with Gasteiger partial charge in [-0.1, -0.05) is 54.1 Å². The van der Waals surface area contributed by atoms with Crippen LogP contribution in [0.4, 0.5) is 5.69 Å². The summed E-state index contributed by atoms with van der Waals surface area (Å²) in [7, 11) is 0. The third-order valence-electron chi connectivity index (χ3n) is 3.49.